The molecule has 30 rings (SSSR count). The van der Waals surface area contributed by atoms with E-state index in [1.807, 2.05) is 170 Å². The normalized spacial score (nSPS) is 12.0. The van der Waals surface area contributed by atoms with Crippen molar-refractivity contribution in [1.29, 1.82) is 0 Å². The van der Waals surface area contributed by atoms with Crippen molar-refractivity contribution in [2.45, 2.75) is 0 Å². The number of rotatable bonds is 11. The van der Waals surface area contributed by atoms with E-state index in [2.05, 4.69) is 282 Å². The first-order chi connectivity index (χ1) is 67.5. The molecule has 15 heterocycles. The van der Waals surface area contributed by atoms with Crippen LogP contribution in [0.1, 0.15) is 0 Å². The first-order valence-electron chi connectivity index (χ1n) is 45.3. The van der Waals surface area contributed by atoms with Crippen LogP contribution in [0.25, 0.3) is 267 Å². The molecule has 15 aromatic carbocycles. The number of nitrogens with zero attached hydrogens (tertiary/aromatic N) is 18. The van der Waals surface area contributed by atoms with E-state index < -0.39 is 0 Å². The van der Waals surface area contributed by atoms with Crippen molar-refractivity contribution in [2.24, 2.45) is 0 Å². The lowest BCUT2D eigenvalue weighted by Crippen LogP contribution is -2.03. The number of benzene rings is 15. The fourth-order valence-corrected chi connectivity index (χ4v) is 20.9. The third-order valence-corrected chi connectivity index (χ3v) is 26.6. The van der Waals surface area contributed by atoms with Crippen LogP contribution in [0, 0.1) is 0 Å². The molecule has 0 saturated heterocycles. The number of hydrogen-bond acceptors (Lipinski definition) is 12. The van der Waals surface area contributed by atoms with Crippen LogP contribution in [0.2, 0.25) is 0 Å². The average Bonchev–Trinajstić information content (AvgIpc) is 1.54. The first kappa shape index (κ1) is 76.0. The van der Waals surface area contributed by atoms with Crippen molar-refractivity contribution in [3.05, 3.63) is 425 Å². The van der Waals surface area contributed by atoms with Gasteiger partial charge >= 0.3 is 0 Å². The maximum Gasteiger partial charge on any atom is 0.165 e. The van der Waals surface area contributed by atoms with Gasteiger partial charge in [-0.25, -0.2) is 44.9 Å². The number of hydrogen-bond donors (Lipinski definition) is 0. The van der Waals surface area contributed by atoms with Crippen molar-refractivity contribution in [2.75, 3.05) is 0 Å². The molecule has 0 unspecified atom stereocenters. The van der Waals surface area contributed by atoms with Gasteiger partial charge in [-0.05, 0) is 162 Å². The van der Waals surface area contributed by atoms with Crippen LogP contribution in [-0.4, -0.2) is 86.7 Å². The molecule has 0 amide bonds. The Morgan fingerprint density at radius 2 is 0.522 bits per heavy atom. The van der Waals surface area contributed by atoms with E-state index in [0.717, 1.165) is 206 Å². The van der Waals surface area contributed by atoms with Crippen molar-refractivity contribution >= 4 is 158 Å². The number of aromatic nitrogens is 18. The van der Waals surface area contributed by atoms with Gasteiger partial charge < -0.3 is 4.57 Å². The molecule has 0 N–H and O–H groups in total. The highest BCUT2D eigenvalue weighted by atomic mass is 15.1. The fourth-order valence-electron chi connectivity index (χ4n) is 20.9. The summed E-state index contributed by atoms with van der Waals surface area (Å²) in [5, 5.41) is 14.1. The highest BCUT2D eigenvalue weighted by molar-refractivity contribution is 6.33. The number of para-hydroxylation sites is 5. The minimum atomic E-state index is 0.617. The Kier molecular flexibility index (Phi) is 16.9. The molecule has 0 aliphatic heterocycles. The Morgan fingerprint density at radius 3 is 0.985 bits per heavy atom. The highest BCUT2D eigenvalue weighted by Crippen LogP contribution is 2.50. The predicted octanol–water partition coefficient (Wildman–Crippen LogP) is 27.6. The monoisotopic (exact) mass is 1740 g/mol. The smallest absolute Gasteiger partial charge is 0.165 e. The molecule has 0 atom stereocenters. The maximum atomic E-state index is 5.31. The van der Waals surface area contributed by atoms with E-state index >= 15 is 0 Å². The molecule has 0 aliphatic carbocycles. The zero-order valence-corrected chi connectivity index (χ0v) is 72.5. The molecule has 18 nitrogen and oxygen atoms in total. The Labute approximate surface area is 773 Å². The van der Waals surface area contributed by atoms with Crippen molar-refractivity contribution < 1.29 is 0 Å². The van der Waals surface area contributed by atoms with E-state index in [1.54, 1.807) is 0 Å². The molecule has 0 bridgehead atoms. The van der Waals surface area contributed by atoms with E-state index in [0.29, 0.717) is 17.5 Å². The average molecular weight is 1740 g/mol. The highest BCUT2D eigenvalue weighted by Gasteiger charge is 2.31. The van der Waals surface area contributed by atoms with Crippen LogP contribution >= 0.6 is 0 Å². The van der Waals surface area contributed by atoms with Gasteiger partial charge in [-0.15, -0.1) is 0 Å². The molecular formula is C118H70N18. The van der Waals surface area contributed by atoms with E-state index in [9.17, 15) is 0 Å². The summed E-state index contributed by atoms with van der Waals surface area (Å²) >= 11 is 0. The third kappa shape index (κ3) is 11.7. The molecule has 0 radical (unpaired) electrons. The van der Waals surface area contributed by atoms with Crippen molar-refractivity contribution in [3.63, 3.8) is 0 Å². The first-order valence-corrected chi connectivity index (χ1v) is 45.3. The second-order valence-corrected chi connectivity index (χ2v) is 34.2. The van der Waals surface area contributed by atoms with E-state index in [-0.39, 0.29) is 0 Å². The molecule has 0 aliphatic rings. The van der Waals surface area contributed by atoms with Gasteiger partial charge in [0.2, 0.25) is 0 Å². The summed E-state index contributed by atoms with van der Waals surface area (Å²) in [6, 6.07) is 140. The Balaban J connectivity index is 0.000000102. The van der Waals surface area contributed by atoms with Gasteiger partial charge in [0.05, 0.1) is 99.5 Å². The molecule has 0 spiro atoms. The zero-order valence-electron chi connectivity index (χ0n) is 72.5. The Hall–Kier alpha value is -18.9. The van der Waals surface area contributed by atoms with Gasteiger partial charge in [0, 0.05) is 101 Å². The van der Waals surface area contributed by atoms with Crippen LogP contribution in [0.3, 0.4) is 0 Å². The van der Waals surface area contributed by atoms with Gasteiger partial charge in [0.1, 0.15) is 28.6 Å². The van der Waals surface area contributed by atoms with Crippen molar-refractivity contribution in [1.82, 2.24) is 86.7 Å². The Bertz CT molecular complexity index is 9930. The van der Waals surface area contributed by atoms with Crippen LogP contribution in [-0.2, 0) is 0 Å². The Morgan fingerprint density at radius 1 is 0.184 bits per heavy atom. The molecule has 136 heavy (non-hydrogen) atoms. The second-order valence-electron chi connectivity index (χ2n) is 34.2. The largest absolute Gasteiger partial charge is 0.309 e. The lowest BCUT2D eigenvalue weighted by atomic mass is 10.1. The van der Waals surface area contributed by atoms with Crippen LogP contribution in [0.4, 0.5) is 0 Å². The molecule has 15 aromatic heterocycles. The quantitative estimate of drug-likeness (QED) is 0.120. The summed E-state index contributed by atoms with van der Waals surface area (Å²) in [5.74, 6) is 6.07. The number of fused-ring (bicyclic) bond motifs is 10. The topological polar surface area (TPSA) is 183 Å². The van der Waals surface area contributed by atoms with E-state index in [1.165, 1.54) is 43.1 Å². The third-order valence-electron chi connectivity index (χ3n) is 26.6. The van der Waals surface area contributed by atoms with Gasteiger partial charge in [-0.2, -0.15) is 0 Å². The molecule has 0 saturated carbocycles. The van der Waals surface area contributed by atoms with Gasteiger partial charge in [-0.3, -0.25) is 37.3 Å². The summed E-state index contributed by atoms with van der Waals surface area (Å²) in [6.45, 7) is 0. The van der Waals surface area contributed by atoms with Gasteiger partial charge in [-0.1, -0.05) is 261 Å². The summed E-state index contributed by atoms with van der Waals surface area (Å²) in [4.78, 5) is 60.3. The van der Waals surface area contributed by atoms with Crippen LogP contribution in [0.5, 0.6) is 0 Å². The summed E-state index contributed by atoms with van der Waals surface area (Å²) in [5.41, 5.74) is 27.9. The summed E-state index contributed by atoms with van der Waals surface area (Å²) in [6.07, 6.45) is 5.48. The maximum absolute atomic E-state index is 5.31. The minimum Gasteiger partial charge on any atom is -0.309 e. The van der Waals surface area contributed by atoms with Crippen LogP contribution in [0.15, 0.2) is 425 Å². The van der Waals surface area contributed by atoms with Crippen LogP contribution < -0.4 is 0 Å². The SMILES string of the molecule is c1ccc(-c2cccc(-n3c4cccc5c6ccccc6n6c(-c7ccccn7)nc7ccc3c(c54)c76)n2)cc1.c1ccc(-c2nc(-c3ccccc3)nc(-c3cccc(-n4c5cccc6c7ccccc7n7c(-c8ccccn8)nc8ccc4c(c65)c87)c3)n2)cc1.c1ccc(-c2nc3ccccc3nc2-n2c3cccc4c5ccccc5n5c(-c6ccccn6)nc6ccc2c(c43)c65)cc1. The molecule has 0 fully saturated rings. The zero-order chi connectivity index (χ0) is 89.2. The van der Waals surface area contributed by atoms with Crippen molar-refractivity contribution in [3.8, 4) is 109 Å². The lowest BCUT2D eigenvalue weighted by molar-refractivity contribution is 1.07. The number of pyridine rings is 4. The molecular weight excluding hydrogens is 1670 g/mol. The molecule has 18 heteroatoms. The number of imidazole rings is 3. The second kappa shape index (κ2) is 30.3. The summed E-state index contributed by atoms with van der Waals surface area (Å²) < 4.78 is 13.8. The molecule has 632 valence electrons. The summed E-state index contributed by atoms with van der Waals surface area (Å²) in [7, 11) is 0. The van der Waals surface area contributed by atoms with Gasteiger partial charge in [0.15, 0.2) is 40.8 Å². The fraction of sp³-hybridized carbons (Fsp3) is 0. The van der Waals surface area contributed by atoms with Gasteiger partial charge in [0.25, 0.3) is 0 Å². The predicted molar refractivity (Wildman–Crippen MR) is 548 cm³/mol. The molecule has 30 aromatic rings. The standard InChI is InChI=1S/C45H27N7.C38H22N6.C35H21N5/c1-3-13-28(14-4-1)42-48-43(29-15-5-2-6-16-29)50-44(49-42)30-17-11-18-31(27-30)51-37-23-12-20-33-32-19-7-8-22-36(32)52-41-34(24-25-38(51)40(41)39(33)37)47-45(52)35-21-9-10-26-46-35;1-2-11-23(12-3-1)35-38(41-27-16-6-5-15-26(27)40-35)43-31-19-10-14-25-24-13-4-7-18-30(24)44-36-28(20-21-32(43)34(36)33(25)31)42-37(44)29-17-8-9-22-39-29;1-2-10-22(11-3-1)25-15-9-18-31(37-25)39-29-17-8-13-24-23-12-4-5-16-28(23)40-34-26(19-20-30(39)33(34)32(24)29)38-35(40)27-14-6-7-21-36-27/h1-27H;1-22H;1-21H. The lowest BCUT2D eigenvalue weighted by Gasteiger charge is -2.14. The van der Waals surface area contributed by atoms with E-state index in [4.69, 9.17) is 59.8 Å². The minimum absolute atomic E-state index is 0.617.